The molecule has 2 amide bonds. The molecule has 1 aromatic carbocycles. The van der Waals surface area contributed by atoms with Gasteiger partial charge in [0, 0.05) is 49.7 Å². The Hall–Kier alpha value is -3.87. The number of likely N-dealkylation sites (tertiary alicyclic amines) is 1. The Bertz CT molecular complexity index is 1190. The van der Waals surface area contributed by atoms with E-state index in [9.17, 15) is 9.59 Å². The molecule has 7 heteroatoms. The number of imidazole rings is 1. The molecule has 0 atom stereocenters. The molecule has 3 aromatic heterocycles. The first-order valence-electron chi connectivity index (χ1n) is 9.78. The summed E-state index contributed by atoms with van der Waals surface area (Å²) in [5.74, 6) is 0.166. The predicted molar refractivity (Wildman–Crippen MR) is 110 cm³/mol. The Balaban J connectivity index is 1.16. The van der Waals surface area contributed by atoms with E-state index < -0.39 is 0 Å². The fourth-order valence-corrected chi connectivity index (χ4v) is 3.68. The monoisotopic (exact) mass is 400 g/mol. The van der Waals surface area contributed by atoms with Gasteiger partial charge in [-0.3, -0.25) is 9.59 Å². The number of pyridine rings is 1. The zero-order valence-corrected chi connectivity index (χ0v) is 16.2. The van der Waals surface area contributed by atoms with E-state index in [1.807, 2.05) is 53.2 Å². The SMILES string of the molecule is O=C(NCc1ccn2ccnc2c1)c1ccc(C2CN(C(=O)c3ccoc3)C2)cc1. The molecule has 150 valence electrons. The van der Waals surface area contributed by atoms with Crippen LogP contribution < -0.4 is 5.32 Å². The molecule has 0 saturated carbocycles. The van der Waals surface area contributed by atoms with E-state index in [-0.39, 0.29) is 11.8 Å². The van der Waals surface area contributed by atoms with Crippen LogP contribution in [-0.4, -0.2) is 39.2 Å². The lowest BCUT2D eigenvalue weighted by Gasteiger charge is -2.39. The van der Waals surface area contributed by atoms with Crippen LogP contribution >= 0.6 is 0 Å². The van der Waals surface area contributed by atoms with Crippen molar-refractivity contribution in [2.24, 2.45) is 0 Å². The summed E-state index contributed by atoms with van der Waals surface area (Å²) >= 11 is 0. The second-order valence-electron chi connectivity index (χ2n) is 7.45. The second-order valence-corrected chi connectivity index (χ2v) is 7.45. The van der Waals surface area contributed by atoms with Crippen molar-refractivity contribution in [3.8, 4) is 0 Å². The largest absolute Gasteiger partial charge is 0.472 e. The number of benzene rings is 1. The van der Waals surface area contributed by atoms with E-state index in [1.54, 1.807) is 17.2 Å². The fourth-order valence-electron chi connectivity index (χ4n) is 3.68. The Morgan fingerprint density at radius 3 is 2.67 bits per heavy atom. The molecule has 0 unspecified atom stereocenters. The molecule has 0 radical (unpaired) electrons. The summed E-state index contributed by atoms with van der Waals surface area (Å²) in [6.45, 7) is 1.79. The van der Waals surface area contributed by atoms with Crippen LogP contribution in [0.1, 0.15) is 37.8 Å². The van der Waals surface area contributed by atoms with Gasteiger partial charge in [0.15, 0.2) is 0 Å². The molecular weight excluding hydrogens is 380 g/mol. The number of rotatable bonds is 5. The lowest BCUT2D eigenvalue weighted by Crippen LogP contribution is -2.48. The van der Waals surface area contributed by atoms with E-state index >= 15 is 0 Å². The second kappa shape index (κ2) is 7.51. The summed E-state index contributed by atoms with van der Waals surface area (Å²) in [6, 6.07) is 13.2. The highest BCUT2D eigenvalue weighted by Crippen LogP contribution is 2.28. The van der Waals surface area contributed by atoms with Crippen LogP contribution in [-0.2, 0) is 6.54 Å². The highest BCUT2D eigenvalue weighted by molar-refractivity contribution is 5.95. The van der Waals surface area contributed by atoms with E-state index in [4.69, 9.17) is 4.42 Å². The van der Waals surface area contributed by atoms with E-state index in [0.717, 1.165) is 16.8 Å². The van der Waals surface area contributed by atoms with Gasteiger partial charge in [-0.15, -0.1) is 0 Å². The summed E-state index contributed by atoms with van der Waals surface area (Å²) < 4.78 is 6.90. The van der Waals surface area contributed by atoms with Crippen LogP contribution in [0.3, 0.4) is 0 Å². The van der Waals surface area contributed by atoms with Gasteiger partial charge in [0.2, 0.25) is 0 Å². The Morgan fingerprint density at radius 2 is 1.90 bits per heavy atom. The maximum atomic E-state index is 12.5. The first-order valence-corrected chi connectivity index (χ1v) is 9.78. The average Bonchev–Trinajstić information content (AvgIpc) is 3.43. The molecule has 1 aliphatic rings. The van der Waals surface area contributed by atoms with Gasteiger partial charge in [0.25, 0.3) is 11.8 Å². The van der Waals surface area contributed by atoms with Gasteiger partial charge in [-0.1, -0.05) is 12.1 Å². The van der Waals surface area contributed by atoms with Crippen molar-refractivity contribution in [1.29, 1.82) is 0 Å². The molecule has 4 heterocycles. The first kappa shape index (κ1) is 18.2. The van der Waals surface area contributed by atoms with Gasteiger partial charge in [-0.05, 0) is 41.5 Å². The van der Waals surface area contributed by atoms with Crippen LogP contribution in [0.4, 0.5) is 0 Å². The van der Waals surface area contributed by atoms with E-state index in [0.29, 0.717) is 36.7 Å². The third kappa shape index (κ3) is 3.45. The first-order chi connectivity index (χ1) is 14.7. The maximum absolute atomic E-state index is 12.5. The molecule has 0 bridgehead atoms. The molecule has 4 aromatic rings. The molecule has 0 spiro atoms. The summed E-state index contributed by atoms with van der Waals surface area (Å²) in [6.07, 6.45) is 8.53. The number of hydrogen-bond donors (Lipinski definition) is 1. The van der Waals surface area contributed by atoms with Crippen LogP contribution in [0.25, 0.3) is 5.65 Å². The predicted octanol–water partition coefficient (Wildman–Crippen LogP) is 3.10. The van der Waals surface area contributed by atoms with Gasteiger partial charge in [-0.2, -0.15) is 0 Å². The summed E-state index contributed by atoms with van der Waals surface area (Å²) in [5, 5.41) is 2.95. The highest BCUT2D eigenvalue weighted by atomic mass is 16.3. The number of nitrogens with one attached hydrogen (secondary N) is 1. The average molecular weight is 400 g/mol. The minimum absolute atomic E-state index is 0.00969. The van der Waals surface area contributed by atoms with Crippen molar-refractivity contribution < 1.29 is 14.0 Å². The highest BCUT2D eigenvalue weighted by Gasteiger charge is 2.32. The Morgan fingerprint density at radius 1 is 1.07 bits per heavy atom. The van der Waals surface area contributed by atoms with Crippen molar-refractivity contribution >= 4 is 17.5 Å². The number of fused-ring (bicyclic) bond motifs is 1. The Kier molecular flexibility index (Phi) is 4.55. The summed E-state index contributed by atoms with van der Waals surface area (Å²) in [4.78, 5) is 30.8. The third-order valence-electron chi connectivity index (χ3n) is 5.50. The van der Waals surface area contributed by atoms with Crippen LogP contribution in [0.15, 0.2) is 78.0 Å². The number of carbonyl (C=O) groups excluding carboxylic acids is 2. The molecule has 5 rings (SSSR count). The summed E-state index contributed by atoms with van der Waals surface area (Å²) in [7, 11) is 0. The standard InChI is InChI=1S/C23H20N4O3/c28-22(25-12-16-5-8-26-9-7-24-21(26)11-16)18-3-1-17(2-4-18)20-13-27(14-20)23(29)19-6-10-30-15-19/h1-11,15,20H,12-14H2,(H,25,28). The zero-order chi connectivity index (χ0) is 20.5. The number of amides is 2. The molecule has 1 N–H and O–H groups in total. The molecule has 1 fully saturated rings. The van der Waals surface area contributed by atoms with Crippen LogP contribution in [0.2, 0.25) is 0 Å². The Labute approximate surface area is 172 Å². The van der Waals surface area contributed by atoms with Gasteiger partial charge in [0.1, 0.15) is 11.9 Å². The van der Waals surface area contributed by atoms with Crippen LogP contribution in [0, 0.1) is 0 Å². The van der Waals surface area contributed by atoms with Gasteiger partial charge < -0.3 is 19.0 Å². The topological polar surface area (TPSA) is 79.9 Å². The van der Waals surface area contributed by atoms with Crippen molar-refractivity contribution in [2.45, 2.75) is 12.5 Å². The van der Waals surface area contributed by atoms with E-state index in [1.165, 1.54) is 12.5 Å². The quantitative estimate of drug-likeness (QED) is 0.558. The minimum Gasteiger partial charge on any atom is -0.472 e. The number of hydrogen-bond acceptors (Lipinski definition) is 4. The number of aromatic nitrogens is 2. The van der Waals surface area contributed by atoms with Crippen molar-refractivity contribution in [2.75, 3.05) is 13.1 Å². The van der Waals surface area contributed by atoms with Crippen LogP contribution in [0.5, 0.6) is 0 Å². The molecule has 7 nitrogen and oxygen atoms in total. The molecule has 1 saturated heterocycles. The van der Waals surface area contributed by atoms with Crippen molar-refractivity contribution in [1.82, 2.24) is 19.6 Å². The van der Waals surface area contributed by atoms with Crippen molar-refractivity contribution in [3.05, 3.63) is 95.8 Å². The lowest BCUT2D eigenvalue weighted by molar-refractivity contribution is 0.0601. The molecule has 1 aliphatic heterocycles. The maximum Gasteiger partial charge on any atom is 0.257 e. The van der Waals surface area contributed by atoms with Crippen molar-refractivity contribution in [3.63, 3.8) is 0 Å². The third-order valence-corrected chi connectivity index (χ3v) is 5.50. The number of nitrogens with zero attached hydrogens (tertiary/aromatic N) is 3. The minimum atomic E-state index is -0.116. The van der Waals surface area contributed by atoms with E-state index in [2.05, 4.69) is 10.3 Å². The molecule has 0 aliphatic carbocycles. The fraction of sp³-hybridized carbons (Fsp3) is 0.174. The van der Waals surface area contributed by atoms with Gasteiger partial charge in [0.05, 0.1) is 11.8 Å². The zero-order valence-electron chi connectivity index (χ0n) is 16.2. The normalized spacial score (nSPS) is 13.9. The number of carbonyl (C=O) groups is 2. The smallest absolute Gasteiger partial charge is 0.257 e. The summed E-state index contributed by atoms with van der Waals surface area (Å²) in [5.41, 5.74) is 4.17. The van der Waals surface area contributed by atoms with Gasteiger partial charge >= 0.3 is 0 Å². The molecular formula is C23H20N4O3. The molecule has 30 heavy (non-hydrogen) atoms. The number of furan rings is 1. The van der Waals surface area contributed by atoms with Gasteiger partial charge in [-0.25, -0.2) is 4.98 Å². The lowest BCUT2D eigenvalue weighted by atomic mass is 9.90.